The van der Waals surface area contributed by atoms with Crippen LogP contribution in [0.25, 0.3) is 0 Å². The highest BCUT2D eigenvalue weighted by Crippen LogP contribution is 2.43. The van der Waals surface area contributed by atoms with Crippen molar-refractivity contribution in [3.05, 3.63) is 134 Å². The Balaban J connectivity index is 5.44. The number of hydrogen-bond donors (Lipinski definition) is 2. The molecular formula is C67H114N2O7P+. The van der Waals surface area contributed by atoms with Gasteiger partial charge in [-0.2, -0.15) is 0 Å². The van der Waals surface area contributed by atoms with Crippen molar-refractivity contribution < 1.29 is 37.3 Å². The van der Waals surface area contributed by atoms with Crippen molar-refractivity contribution in [1.82, 2.24) is 5.32 Å². The van der Waals surface area contributed by atoms with Crippen LogP contribution in [0.4, 0.5) is 0 Å². The van der Waals surface area contributed by atoms with Crippen molar-refractivity contribution in [1.29, 1.82) is 0 Å². The minimum Gasteiger partial charge on any atom is -0.456 e. The van der Waals surface area contributed by atoms with E-state index >= 15 is 0 Å². The normalized spacial score (nSPS) is 14.6. The zero-order valence-electron chi connectivity index (χ0n) is 49.9. The zero-order chi connectivity index (χ0) is 56.4. The SMILES string of the molecule is CC/C=C\C/C=C\C/C=C\C/C=C\C/C=C\CCCCCCCC(=O)NC(COP(=O)(O)OCC[N+](C)(C)C)C(/C=C\CCCCCCCCCCCCC)OC(=O)CCC/C=C\C/C=C\C/C=C\C/C=C\C/C=C\CC. The Morgan fingerprint density at radius 2 is 0.844 bits per heavy atom. The summed E-state index contributed by atoms with van der Waals surface area (Å²) in [5.74, 6) is -0.605. The molecule has 0 aromatic carbocycles. The largest absolute Gasteiger partial charge is 0.472 e. The number of amides is 1. The van der Waals surface area contributed by atoms with Gasteiger partial charge >= 0.3 is 13.8 Å². The monoisotopic (exact) mass is 1090 g/mol. The summed E-state index contributed by atoms with van der Waals surface area (Å²) >= 11 is 0. The number of phosphoric ester groups is 1. The van der Waals surface area contributed by atoms with Crippen molar-refractivity contribution in [2.24, 2.45) is 0 Å². The minimum atomic E-state index is -4.48. The number of rotatable bonds is 53. The summed E-state index contributed by atoms with van der Waals surface area (Å²) in [7, 11) is 1.43. The molecule has 2 N–H and O–H groups in total. The number of ether oxygens (including phenoxy) is 1. The van der Waals surface area contributed by atoms with Crippen LogP contribution in [0, 0.1) is 0 Å². The number of nitrogens with zero attached hydrogens (tertiary/aromatic N) is 1. The standard InChI is InChI=1S/C67H113N2O7P/c1-7-10-13-16-19-22-25-28-30-32-33-34-35-37-38-41-44-47-50-53-56-59-66(70)68-64(63-75-77(72,73)74-62-61-69(4,5)6)65(58-55-52-49-46-43-40-27-24-21-18-15-12-9-3)76-67(71)60-57-54-51-48-45-42-39-36-31-29-26-23-20-17-14-11-8-2/h10-11,13-14,19-20,22-23,28-31,33-34,37-39,42,48,51,55,58,64-65H,7-9,12,15-18,21,24-27,32,35-36,40-41,43-47,49-50,52-54,56-57,59-63H2,1-6H3,(H-,68,70,72,73)/p+1/b13-10-,14-11-,22-19-,23-20-,30-28-,31-29-,34-33-,38-37-,42-39-,51-48-,58-55-. The summed E-state index contributed by atoms with van der Waals surface area (Å²) in [5, 5.41) is 3.03. The number of phosphoric acid groups is 1. The fourth-order valence-electron chi connectivity index (χ4n) is 7.94. The smallest absolute Gasteiger partial charge is 0.456 e. The number of carbonyl (C=O) groups excluding carboxylic acids is 2. The van der Waals surface area contributed by atoms with E-state index in [1.165, 1.54) is 57.8 Å². The predicted octanol–water partition coefficient (Wildman–Crippen LogP) is 18.9. The van der Waals surface area contributed by atoms with E-state index in [1.807, 2.05) is 33.3 Å². The topological polar surface area (TPSA) is 111 Å². The molecule has 3 atom stereocenters. The fourth-order valence-corrected chi connectivity index (χ4v) is 8.68. The molecule has 1 amide bonds. The van der Waals surface area contributed by atoms with E-state index in [0.29, 0.717) is 30.3 Å². The molecule has 0 aromatic heterocycles. The number of likely N-dealkylation sites (N-methyl/N-ethyl adjacent to an activating group) is 1. The highest BCUT2D eigenvalue weighted by atomic mass is 31.2. The van der Waals surface area contributed by atoms with E-state index in [1.54, 1.807) is 0 Å². The highest BCUT2D eigenvalue weighted by molar-refractivity contribution is 7.47. The molecule has 0 aliphatic carbocycles. The minimum absolute atomic E-state index is 0.0196. The van der Waals surface area contributed by atoms with Crippen LogP contribution in [0.2, 0.25) is 0 Å². The van der Waals surface area contributed by atoms with Crippen LogP contribution in [0.5, 0.6) is 0 Å². The Bertz CT molecular complexity index is 1780. The molecular weight excluding hydrogens is 976 g/mol. The maximum Gasteiger partial charge on any atom is 0.472 e. The zero-order valence-corrected chi connectivity index (χ0v) is 50.8. The molecule has 0 bridgehead atoms. The van der Waals surface area contributed by atoms with Crippen LogP contribution in [-0.2, 0) is 27.9 Å². The number of allylic oxidation sites excluding steroid dienone is 21. The Hall–Kier alpha value is -3.85. The Labute approximate surface area is 473 Å². The lowest BCUT2D eigenvalue weighted by molar-refractivity contribution is -0.870. The lowest BCUT2D eigenvalue weighted by Gasteiger charge is -2.27. The summed E-state index contributed by atoms with van der Waals surface area (Å²) < 4.78 is 30.6. The first-order chi connectivity index (χ1) is 37.4. The lowest BCUT2D eigenvalue weighted by atomic mass is 10.0. The first-order valence-electron chi connectivity index (χ1n) is 30.5. The van der Waals surface area contributed by atoms with Gasteiger partial charge in [0, 0.05) is 12.8 Å². The molecule has 0 aromatic rings. The summed E-state index contributed by atoms with van der Waals surface area (Å²) in [6.45, 7) is 6.71. The molecule has 0 aliphatic rings. The molecule has 0 heterocycles. The van der Waals surface area contributed by atoms with E-state index < -0.39 is 25.9 Å². The number of quaternary nitrogens is 1. The molecule has 10 heteroatoms. The van der Waals surface area contributed by atoms with Crippen molar-refractivity contribution in [3.63, 3.8) is 0 Å². The van der Waals surface area contributed by atoms with Crippen LogP contribution in [0.15, 0.2) is 134 Å². The third kappa shape index (κ3) is 56.7. The van der Waals surface area contributed by atoms with Crippen LogP contribution in [-0.4, -0.2) is 74.3 Å². The van der Waals surface area contributed by atoms with Gasteiger partial charge in [0.25, 0.3) is 0 Å². The number of esters is 1. The van der Waals surface area contributed by atoms with Crippen LogP contribution in [0.1, 0.15) is 226 Å². The van der Waals surface area contributed by atoms with Gasteiger partial charge in [-0.25, -0.2) is 4.57 Å². The van der Waals surface area contributed by atoms with E-state index in [9.17, 15) is 19.0 Å². The molecule has 0 spiro atoms. The van der Waals surface area contributed by atoms with E-state index in [-0.39, 0.29) is 25.5 Å². The van der Waals surface area contributed by atoms with Gasteiger partial charge in [0.2, 0.25) is 5.91 Å². The second kappa shape index (κ2) is 55.5. The van der Waals surface area contributed by atoms with E-state index in [4.69, 9.17) is 13.8 Å². The summed E-state index contributed by atoms with van der Waals surface area (Å²) in [5.41, 5.74) is 0. The highest BCUT2D eigenvalue weighted by Gasteiger charge is 2.30. The molecule has 0 fully saturated rings. The third-order valence-corrected chi connectivity index (χ3v) is 13.6. The lowest BCUT2D eigenvalue weighted by Crippen LogP contribution is -2.47. The molecule has 438 valence electrons. The van der Waals surface area contributed by atoms with E-state index in [2.05, 4.69) is 148 Å². The fraction of sp³-hybridized carbons (Fsp3) is 0.642. The van der Waals surface area contributed by atoms with Crippen LogP contribution < -0.4 is 5.32 Å². The molecule has 77 heavy (non-hydrogen) atoms. The van der Waals surface area contributed by atoms with Crippen LogP contribution in [0.3, 0.4) is 0 Å². The molecule has 0 saturated heterocycles. The summed E-state index contributed by atoms with van der Waals surface area (Å²) in [4.78, 5) is 37.7. The number of nitrogens with one attached hydrogen (secondary N) is 1. The molecule has 0 rings (SSSR count). The van der Waals surface area contributed by atoms with Crippen molar-refractivity contribution >= 4 is 19.7 Å². The van der Waals surface area contributed by atoms with Crippen LogP contribution >= 0.6 is 7.82 Å². The van der Waals surface area contributed by atoms with Crippen molar-refractivity contribution in [3.8, 4) is 0 Å². The van der Waals surface area contributed by atoms with Gasteiger partial charge in [0.15, 0.2) is 0 Å². The molecule has 0 aliphatic heterocycles. The molecule has 0 saturated carbocycles. The molecule has 3 unspecified atom stereocenters. The average molecular weight is 1090 g/mol. The van der Waals surface area contributed by atoms with Crippen molar-refractivity contribution in [2.45, 2.75) is 238 Å². The third-order valence-electron chi connectivity index (χ3n) is 12.6. The second-order valence-electron chi connectivity index (χ2n) is 21.1. The second-order valence-corrected chi connectivity index (χ2v) is 22.6. The first kappa shape index (κ1) is 73.2. The Morgan fingerprint density at radius 3 is 1.27 bits per heavy atom. The van der Waals surface area contributed by atoms with Gasteiger partial charge in [-0.1, -0.05) is 232 Å². The molecule has 0 radical (unpaired) electrons. The number of carbonyl (C=O) groups is 2. The summed E-state index contributed by atoms with van der Waals surface area (Å²) in [6, 6.07) is -0.892. The predicted molar refractivity (Wildman–Crippen MR) is 332 cm³/mol. The quantitative estimate of drug-likeness (QED) is 0.0205. The van der Waals surface area contributed by atoms with Gasteiger partial charge in [-0.15, -0.1) is 0 Å². The maximum atomic E-state index is 13.5. The van der Waals surface area contributed by atoms with Gasteiger partial charge in [0.1, 0.15) is 19.3 Å². The van der Waals surface area contributed by atoms with Gasteiger partial charge < -0.3 is 19.4 Å². The molecule has 9 nitrogen and oxygen atoms in total. The van der Waals surface area contributed by atoms with Gasteiger partial charge in [0.05, 0.1) is 33.8 Å². The summed E-state index contributed by atoms with van der Waals surface area (Å²) in [6.07, 6.45) is 78.8. The Kier molecular flexibility index (Phi) is 52.7. The maximum absolute atomic E-state index is 13.5. The Morgan fingerprint density at radius 1 is 0.468 bits per heavy atom. The van der Waals surface area contributed by atoms with E-state index in [0.717, 1.165) is 122 Å². The number of hydrogen-bond acceptors (Lipinski definition) is 6. The van der Waals surface area contributed by atoms with Gasteiger partial charge in [-0.3, -0.25) is 18.6 Å². The van der Waals surface area contributed by atoms with Crippen molar-refractivity contribution in [2.75, 3.05) is 40.9 Å². The first-order valence-corrected chi connectivity index (χ1v) is 32.0. The van der Waals surface area contributed by atoms with Gasteiger partial charge in [-0.05, 0) is 115 Å². The average Bonchev–Trinajstić information content (AvgIpc) is 3.39. The number of unbranched alkanes of at least 4 members (excludes halogenated alkanes) is 17.